The summed E-state index contributed by atoms with van der Waals surface area (Å²) in [5, 5.41) is 0. The summed E-state index contributed by atoms with van der Waals surface area (Å²) in [6.07, 6.45) is 3.58. The molecule has 15 heavy (non-hydrogen) atoms. The predicted molar refractivity (Wildman–Crippen MR) is 58.5 cm³/mol. The highest BCUT2D eigenvalue weighted by Gasteiger charge is 2.12. The Labute approximate surface area is 89.2 Å². The zero-order valence-electron chi connectivity index (χ0n) is 7.97. The van der Waals surface area contributed by atoms with Crippen LogP contribution in [0.4, 0.5) is 0 Å². The molecule has 0 radical (unpaired) electrons. The lowest BCUT2D eigenvalue weighted by molar-refractivity contribution is 1.05. The van der Waals surface area contributed by atoms with Crippen LogP contribution in [-0.4, -0.2) is 14.4 Å². The van der Waals surface area contributed by atoms with Crippen molar-refractivity contribution in [3.63, 3.8) is 0 Å². The molecule has 1 aromatic rings. The lowest BCUT2D eigenvalue weighted by Gasteiger charge is -2.06. The van der Waals surface area contributed by atoms with Gasteiger partial charge in [0.25, 0.3) is 0 Å². The van der Waals surface area contributed by atoms with Gasteiger partial charge in [0, 0.05) is 6.20 Å². The van der Waals surface area contributed by atoms with Crippen molar-refractivity contribution in [2.45, 2.75) is 6.92 Å². The molecule has 0 fully saturated rings. The second-order valence-corrected chi connectivity index (χ2v) is 4.30. The molecule has 0 aliphatic carbocycles. The maximum atomic E-state index is 11.2. The van der Waals surface area contributed by atoms with Crippen molar-refractivity contribution in [3.05, 3.63) is 39.8 Å². The van der Waals surface area contributed by atoms with Gasteiger partial charge >= 0.3 is 4.87 Å². The summed E-state index contributed by atoms with van der Waals surface area (Å²) in [5.41, 5.74) is 1.91. The third-order valence-corrected chi connectivity index (χ3v) is 3.08. The average molecular weight is 217 g/mol. The van der Waals surface area contributed by atoms with Crippen LogP contribution in [0.1, 0.15) is 5.56 Å². The van der Waals surface area contributed by atoms with Crippen LogP contribution >= 0.6 is 11.3 Å². The molecule has 0 bridgehead atoms. The molecule has 0 unspecified atom stereocenters. The summed E-state index contributed by atoms with van der Waals surface area (Å²) in [6.45, 7) is 1.98. The van der Waals surface area contributed by atoms with Crippen LogP contribution in [0.25, 0.3) is 16.3 Å². The largest absolute Gasteiger partial charge is 0.329 e. The van der Waals surface area contributed by atoms with E-state index in [1.54, 1.807) is 6.20 Å². The van der Waals surface area contributed by atoms with Crippen molar-refractivity contribution in [3.8, 4) is 10.7 Å². The van der Waals surface area contributed by atoms with E-state index in [0.29, 0.717) is 5.82 Å². The quantitative estimate of drug-likeness (QED) is 0.574. The van der Waals surface area contributed by atoms with E-state index < -0.39 is 0 Å². The average Bonchev–Trinajstić information content (AvgIpc) is 2.59. The Morgan fingerprint density at radius 1 is 1.47 bits per heavy atom. The smallest absolute Gasteiger partial charge is 0.284 e. The van der Waals surface area contributed by atoms with Crippen molar-refractivity contribution < 1.29 is 0 Å². The van der Waals surface area contributed by atoms with Gasteiger partial charge in [-0.2, -0.15) is 4.98 Å². The van der Waals surface area contributed by atoms with Crippen LogP contribution in [0.2, 0.25) is 0 Å². The third-order valence-electron chi connectivity index (χ3n) is 2.31. The number of rotatable bonds is 0. The zero-order valence-corrected chi connectivity index (χ0v) is 8.78. The molecule has 1 aromatic heterocycles. The Balaban J connectivity index is 2.59. The summed E-state index contributed by atoms with van der Waals surface area (Å²) in [5.74, 6) is 0.693. The highest BCUT2D eigenvalue weighted by atomic mass is 32.1. The van der Waals surface area contributed by atoms with E-state index in [9.17, 15) is 4.79 Å². The van der Waals surface area contributed by atoms with E-state index in [0.717, 1.165) is 27.4 Å². The molecular formula is C10H7N3OS. The van der Waals surface area contributed by atoms with E-state index in [4.69, 9.17) is 0 Å². The van der Waals surface area contributed by atoms with Crippen molar-refractivity contribution in [1.29, 1.82) is 0 Å². The molecule has 4 nitrogen and oxygen atoms in total. The molecule has 5 heteroatoms. The molecule has 74 valence electrons. The van der Waals surface area contributed by atoms with Gasteiger partial charge in [-0.15, -0.1) is 0 Å². The van der Waals surface area contributed by atoms with Crippen LogP contribution in [-0.2, 0) is 0 Å². The molecule has 2 aliphatic rings. The number of aromatic nitrogens is 3. The molecule has 3 rings (SSSR count). The number of pyridine rings is 1. The molecule has 0 aromatic carbocycles. The number of nitrogens with zero attached hydrogens (tertiary/aromatic N) is 3. The number of hydrogen-bond acceptors (Lipinski definition) is 4. The van der Waals surface area contributed by atoms with Crippen LogP contribution in [0, 0.1) is 6.92 Å². The molecule has 0 amide bonds. The Morgan fingerprint density at radius 2 is 2.33 bits per heavy atom. The van der Waals surface area contributed by atoms with Crippen LogP contribution in [0.3, 0.4) is 0 Å². The van der Waals surface area contributed by atoms with Crippen LogP contribution in [0.15, 0.2) is 29.3 Å². The van der Waals surface area contributed by atoms with Gasteiger partial charge in [0.2, 0.25) is 0 Å². The SMILES string of the molecule is Cc1cccn2c3nc(=O)sc-3cnc12. The topological polar surface area (TPSA) is 47.3 Å². The maximum Gasteiger partial charge on any atom is 0.329 e. The second kappa shape index (κ2) is 2.87. The van der Waals surface area contributed by atoms with Gasteiger partial charge in [0.1, 0.15) is 5.65 Å². The first kappa shape index (κ1) is 8.55. The number of hydrogen-bond donors (Lipinski definition) is 0. The first-order valence-electron chi connectivity index (χ1n) is 4.49. The minimum absolute atomic E-state index is 0.173. The first-order valence-corrected chi connectivity index (χ1v) is 5.31. The van der Waals surface area contributed by atoms with E-state index >= 15 is 0 Å². The minimum Gasteiger partial charge on any atom is -0.284 e. The zero-order chi connectivity index (χ0) is 10.4. The fourth-order valence-electron chi connectivity index (χ4n) is 1.62. The van der Waals surface area contributed by atoms with Gasteiger partial charge in [-0.3, -0.25) is 9.20 Å². The molecule has 0 N–H and O–H groups in total. The molecule has 0 saturated carbocycles. The third kappa shape index (κ3) is 1.16. The first-order chi connectivity index (χ1) is 7.25. The highest BCUT2D eigenvalue weighted by Crippen LogP contribution is 2.22. The van der Waals surface area contributed by atoms with Crippen LogP contribution < -0.4 is 4.87 Å². The predicted octanol–water partition coefficient (Wildman–Crippen LogP) is 1.56. The lowest BCUT2D eigenvalue weighted by Crippen LogP contribution is -2.00. The summed E-state index contributed by atoms with van der Waals surface area (Å²) < 4.78 is 1.85. The number of fused-ring (bicyclic) bond motifs is 3. The molecule has 3 heterocycles. The van der Waals surface area contributed by atoms with Crippen LogP contribution in [0.5, 0.6) is 0 Å². The van der Waals surface area contributed by atoms with Crippen molar-refractivity contribution in [1.82, 2.24) is 14.4 Å². The summed E-state index contributed by atoms with van der Waals surface area (Å²) in [4.78, 5) is 20.1. The van der Waals surface area contributed by atoms with Gasteiger partial charge in [0.05, 0.1) is 11.1 Å². The van der Waals surface area contributed by atoms with Gasteiger partial charge in [-0.1, -0.05) is 17.4 Å². The Kier molecular flexibility index (Phi) is 1.63. The van der Waals surface area contributed by atoms with Gasteiger partial charge in [-0.05, 0) is 18.6 Å². The monoisotopic (exact) mass is 217 g/mol. The molecule has 0 spiro atoms. The summed E-state index contributed by atoms with van der Waals surface area (Å²) >= 11 is 1.12. The van der Waals surface area contributed by atoms with Crippen molar-refractivity contribution >= 4 is 17.0 Å². The highest BCUT2D eigenvalue weighted by molar-refractivity contribution is 7.12. The fraction of sp³-hybridized carbons (Fsp3) is 0.100. The number of aryl methyl sites for hydroxylation is 1. The second-order valence-electron chi connectivity index (χ2n) is 3.31. The molecule has 0 saturated heterocycles. The molecule has 2 aliphatic heterocycles. The number of thiazole rings is 1. The summed E-state index contributed by atoms with van der Waals surface area (Å²) in [7, 11) is 0. The van der Waals surface area contributed by atoms with Gasteiger partial charge in [0.15, 0.2) is 5.82 Å². The van der Waals surface area contributed by atoms with Gasteiger partial charge < -0.3 is 0 Å². The van der Waals surface area contributed by atoms with Gasteiger partial charge in [-0.25, -0.2) is 4.98 Å². The lowest BCUT2D eigenvalue weighted by atomic mass is 10.3. The molecule has 0 atom stereocenters. The minimum atomic E-state index is -0.173. The maximum absolute atomic E-state index is 11.2. The summed E-state index contributed by atoms with van der Waals surface area (Å²) in [6, 6.07) is 3.91. The standard InChI is InChI=1S/C10H7N3OS/c1-6-3-2-4-13-8(6)11-5-7-9(13)12-10(14)15-7/h2-5H,1H3. The van der Waals surface area contributed by atoms with E-state index in [1.165, 1.54) is 0 Å². The molecular weight excluding hydrogens is 210 g/mol. The Bertz CT molecular complexity index is 670. The Hall–Kier alpha value is -1.75. The van der Waals surface area contributed by atoms with E-state index in [1.807, 2.05) is 29.7 Å². The van der Waals surface area contributed by atoms with E-state index in [-0.39, 0.29) is 4.87 Å². The Morgan fingerprint density at radius 3 is 3.20 bits per heavy atom. The van der Waals surface area contributed by atoms with Crippen molar-refractivity contribution in [2.24, 2.45) is 0 Å². The van der Waals surface area contributed by atoms with E-state index in [2.05, 4.69) is 9.97 Å². The van der Waals surface area contributed by atoms with Crippen molar-refractivity contribution in [2.75, 3.05) is 0 Å². The normalized spacial score (nSPS) is 11.3. The fourth-order valence-corrected chi connectivity index (χ4v) is 2.28.